The van der Waals surface area contributed by atoms with Gasteiger partial charge in [-0.3, -0.25) is 0 Å². The average Bonchev–Trinajstić information content (AvgIpc) is 2.97. The van der Waals surface area contributed by atoms with E-state index >= 15 is 0 Å². The Morgan fingerprint density at radius 1 is 1.33 bits per heavy atom. The molecular formula is C12H12N4S2. The molecule has 0 radical (unpaired) electrons. The van der Waals surface area contributed by atoms with E-state index < -0.39 is 0 Å². The first-order chi connectivity index (χ1) is 8.74. The first kappa shape index (κ1) is 11.6. The Kier molecular flexibility index (Phi) is 2.97. The number of fused-ring (bicyclic) bond motifs is 1. The van der Waals surface area contributed by atoms with Crippen LogP contribution < -0.4 is 4.90 Å². The number of hydrogen-bond acceptors (Lipinski definition) is 6. The summed E-state index contributed by atoms with van der Waals surface area (Å²) in [5.74, 6) is 1.79. The van der Waals surface area contributed by atoms with Gasteiger partial charge in [0.1, 0.15) is 11.6 Å². The number of aryl methyl sites for hydroxylation is 1. The molecule has 0 aliphatic heterocycles. The fourth-order valence-electron chi connectivity index (χ4n) is 1.85. The van der Waals surface area contributed by atoms with E-state index in [1.165, 1.54) is 0 Å². The Hall–Kier alpha value is -1.53. The molecule has 18 heavy (non-hydrogen) atoms. The maximum atomic E-state index is 4.55. The molecule has 3 aromatic heterocycles. The summed E-state index contributed by atoms with van der Waals surface area (Å²) < 4.78 is 1.14. The van der Waals surface area contributed by atoms with Gasteiger partial charge in [0.25, 0.3) is 0 Å². The molecule has 0 saturated heterocycles. The number of aromatic nitrogens is 3. The Morgan fingerprint density at radius 2 is 2.22 bits per heavy atom. The van der Waals surface area contributed by atoms with Gasteiger partial charge in [0.05, 0.1) is 28.0 Å². The van der Waals surface area contributed by atoms with E-state index in [-0.39, 0.29) is 0 Å². The van der Waals surface area contributed by atoms with Crippen molar-refractivity contribution in [2.24, 2.45) is 0 Å². The largest absolute Gasteiger partial charge is 0.352 e. The molecule has 0 aliphatic carbocycles. The molecule has 0 atom stereocenters. The molecule has 0 spiro atoms. The van der Waals surface area contributed by atoms with Gasteiger partial charge in [-0.15, -0.1) is 22.7 Å². The number of thiophene rings is 1. The van der Waals surface area contributed by atoms with E-state index in [0.717, 1.165) is 34.1 Å². The number of anilines is 1. The highest BCUT2D eigenvalue weighted by molar-refractivity contribution is 7.17. The molecule has 0 aliphatic rings. The summed E-state index contributed by atoms with van der Waals surface area (Å²) in [6, 6.07) is 2.04. The van der Waals surface area contributed by atoms with E-state index in [9.17, 15) is 0 Å². The molecule has 6 heteroatoms. The van der Waals surface area contributed by atoms with E-state index in [1.807, 2.05) is 25.5 Å². The predicted molar refractivity (Wildman–Crippen MR) is 76.4 cm³/mol. The van der Waals surface area contributed by atoms with Gasteiger partial charge < -0.3 is 4.90 Å². The van der Waals surface area contributed by atoms with Crippen LogP contribution in [0.25, 0.3) is 10.2 Å². The lowest BCUT2D eigenvalue weighted by Gasteiger charge is -2.17. The summed E-state index contributed by atoms with van der Waals surface area (Å²) in [5, 5.41) is 4.12. The van der Waals surface area contributed by atoms with Gasteiger partial charge in [0, 0.05) is 12.4 Å². The number of thiazole rings is 1. The quantitative estimate of drug-likeness (QED) is 0.737. The van der Waals surface area contributed by atoms with E-state index in [0.29, 0.717) is 0 Å². The van der Waals surface area contributed by atoms with Crippen molar-refractivity contribution >= 4 is 38.7 Å². The molecule has 4 nitrogen and oxygen atoms in total. The molecule has 0 amide bonds. The third-order valence-corrected chi connectivity index (χ3v) is 4.18. The average molecular weight is 276 g/mol. The SMILES string of the molecule is Cc1nc(N(C)Cc2cscn2)c2sccc2n1. The normalized spacial score (nSPS) is 11.0. The van der Waals surface area contributed by atoms with Gasteiger partial charge in [-0.1, -0.05) is 0 Å². The van der Waals surface area contributed by atoms with Gasteiger partial charge in [-0.2, -0.15) is 0 Å². The fraction of sp³-hybridized carbons (Fsp3) is 0.250. The van der Waals surface area contributed by atoms with Crippen molar-refractivity contribution in [3.05, 3.63) is 33.9 Å². The maximum absolute atomic E-state index is 4.55. The van der Waals surface area contributed by atoms with Crippen LogP contribution in [0.5, 0.6) is 0 Å². The molecular weight excluding hydrogens is 264 g/mol. The zero-order chi connectivity index (χ0) is 12.5. The van der Waals surface area contributed by atoms with Crippen LogP contribution in [-0.2, 0) is 6.54 Å². The Morgan fingerprint density at radius 3 is 3.00 bits per heavy atom. The van der Waals surface area contributed by atoms with Crippen molar-refractivity contribution < 1.29 is 0 Å². The zero-order valence-corrected chi connectivity index (χ0v) is 11.8. The predicted octanol–water partition coefficient (Wildman–Crippen LogP) is 3.09. The molecule has 3 aromatic rings. The second-order valence-electron chi connectivity index (χ2n) is 4.07. The third kappa shape index (κ3) is 2.09. The summed E-state index contributed by atoms with van der Waals surface area (Å²) >= 11 is 3.30. The maximum Gasteiger partial charge on any atom is 0.150 e. The smallest absolute Gasteiger partial charge is 0.150 e. The molecule has 0 fully saturated rings. The van der Waals surface area contributed by atoms with Crippen LogP contribution in [0.2, 0.25) is 0 Å². The van der Waals surface area contributed by atoms with Gasteiger partial charge in [-0.25, -0.2) is 15.0 Å². The second kappa shape index (κ2) is 4.62. The van der Waals surface area contributed by atoms with Crippen LogP contribution in [0.3, 0.4) is 0 Å². The minimum atomic E-state index is 0.771. The van der Waals surface area contributed by atoms with Crippen molar-refractivity contribution in [1.29, 1.82) is 0 Å². The van der Waals surface area contributed by atoms with Crippen molar-refractivity contribution in [3.8, 4) is 0 Å². The first-order valence-corrected chi connectivity index (χ1v) is 7.36. The Labute approximate surface area is 113 Å². The monoisotopic (exact) mass is 276 g/mol. The molecule has 0 bridgehead atoms. The molecule has 0 aromatic carbocycles. The van der Waals surface area contributed by atoms with Crippen LogP contribution in [0.4, 0.5) is 5.82 Å². The minimum Gasteiger partial charge on any atom is -0.352 e. The highest BCUT2D eigenvalue weighted by Crippen LogP contribution is 2.28. The molecule has 0 saturated carbocycles. The number of rotatable bonds is 3. The molecule has 0 unspecified atom stereocenters. The van der Waals surface area contributed by atoms with Crippen molar-refractivity contribution in [2.45, 2.75) is 13.5 Å². The molecule has 3 heterocycles. The van der Waals surface area contributed by atoms with Gasteiger partial charge >= 0.3 is 0 Å². The van der Waals surface area contributed by atoms with Gasteiger partial charge in [0.2, 0.25) is 0 Å². The Balaban J connectivity index is 2.00. The molecule has 92 valence electrons. The highest BCUT2D eigenvalue weighted by atomic mass is 32.1. The third-order valence-electron chi connectivity index (χ3n) is 2.64. The van der Waals surface area contributed by atoms with E-state index in [4.69, 9.17) is 0 Å². The van der Waals surface area contributed by atoms with Gasteiger partial charge in [0.15, 0.2) is 0 Å². The van der Waals surface area contributed by atoms with E-state index in [2.05, 4.69) is 30.6 Å². The van der Waals surface area contributed by atoms with Crippen LogP contribution in [0.15, 0.2) is 22.3 Å². The summed E-state index contributed by atoms with van der Waals surface area (Å²) in [5.41, 5.74) is 3.95. The van der Waals surface area contributed by atoms with Crippen LogP contribution in [-0.4, -0.2) is 22.0 Å². The second-order valence-corrected chi connectivity index (χ2v) is 5.70. The summed E-state index contributed by atoms with van der Waals surface area (Å²) in [4.78, 5) is 15.4. The summed E-state index contributed by atoms with van der Waals surface area (Å²) in [6.07, 6.45) is 0. The fourth-order valence-corrected chi connectivity index (χ4v) is 3.28. The van der Waals surface area contributed by atoms with Crippen LogP contribution in [0.1, 0.15) is 11.5 Å². The molecule has 3 rings (SSSR count). The van der Waals surface area contributed by atoms with Crippen LogP contribution >= 0.6 is 22.7 Å². The Bertz CT molecular complexity index is 660. The first-order valence-electron chi connectivity index (χ1n) is 5.54. The summed E-state index contributed by atoms with van der Waals surface area (Å²) in [6.45, 7) is 2.70. The standard InChI is InChI=1S/C12H12N4S2/c1-8-14-10-3-4-18-11(10)12(15-8)16(2)5-9-6-17-7-13-9/h3-4,6-7H,5H2,1-2H3. The van der Waals surface area contributed by atoms with E-state index in [1.54, 1.807) is 22.7 Å². The topological polar surface area (TPSA) is 41.9 Å². The lowest BCUT2D eigenvalue weighted by molar-refractivity contribution is 0.870. The number of hydrogen-bond donors (Lipinski definition) is 0. The number of nitrogens with zero attached hydrogens (tertiary/aromatic N) is 4. The van der Waals surface area contributed by atoms with Crippen molar-refractivity contribution in [1.82, 2.24) is 15.0 Å². The zero-order valence-electron chi connectivity index (χ0n) is 10.1. The van der Waals surface area contributed by atoms with Crippen LogP contribution in [0, 0.1) is 6.92 Å². The lowest BCUT2D eigenvalue weighted by Crippen LogP contribution is -2.18. The van der Waals surface area contributed by atoms with Crippen molar-refractivity contribution in [3.63, 3.8) is 0 Å². The molecule has 0 N–H and O–H groups in total. The highest BCUT2D eigenvalue weighted by Gasteiger charge is 2.12. The van der Waals surface area contributed by atoms with Gasteiger partial charge in [-0.05, 0) is 18.4 Å². The summed E-state index contributed by atoms with van der Waals surface area (Å²) in [7, 11) is 2.04. The van der Waals surface area contributed by atoms with Crippen molar-refractivity contribution in [2.75, 3.05) is 11.9 Å². The lowest BCUT2D eigenvalue weighted by atomic mass is 10.4. The minimum absolute atomic E-state index is 0.771.